The lowest BCUT2D eigenvalue weighted by Crippen LogP contribution is -2.30. The molecule has 0 amide bonds. The topological polar surface area (TPSA) is 78.9 Å². The van der Waals surface area contributed by atoms with Gasteiger partial charge in [-0.05, 0) is 70.6 Å². The minimum Gasteiger partial charge on any atom is -0.462 e. The predicted molar refractivity (Wildman–Crippen MR) is 214 cm³/mol. The van der Waals surface area contributed by atoms with Gasteiger partial charge in [0.2, 0.25) is 0 Å². The lowest BCUT2D eigenvalue weighted by Gasteiger charge is -2.18. The van der Waals surface area contributed by atoms with Crippen LogP contribution in [0.4, 0.5) is 0 Å². The highest BCUT2D eigenvalue weighted by molar-refractivity contribution is 5.72. The van der Waals surface area contributed by atoms with Crippen molar-refractivity contribution >= 4 is 17.9 Å². The maximum absolute atomic E-state index is 12.5. The molecule has 51 heavy (non-hydrogen) atoms. The van der Waals surface area contributed by atoms with E-state index in [-0.39, 0.29) is 38.0 Å². The average molecular weight is 707 g/mol. The second-order valence-electron chi connectivity index (χ2n) is 12.5. The molecule has 0 N–H and O–H groups in total. The molecular formula is C45H70O6. The van der Waals surface area contributed by atoms with Crippen molar-refractivity contribution in [1.82, 2.24) is 0 Å². The highest BCUT2D eigenvalue weighted by Crippen LogP contribution is 2.10. The van der Waals surface area contributed by atoms with Gasteiger partial charge in [0.1, 0.15) is 13.2 Å². The quantitative estimate of drug-likeness (QED) is 0.0222. The van der Waals surface area contributed by atoms with Crippen LogP contribution in [0.3, 0.4) is 0 Å². The summed E-state index contributed by atoms with van der Waals surface area (Å²) in [5.74, 6) is -1.14. The SMILES string of the molecule is CC\C=C/C=C\C=C/C=C\CCCCCCCC(=O)OCC(COC(=O)CCC/C=C\CCCCCC)OC(=O)C/C=C\C/C=C\C/C=C\CC. The number of rotatable bonds is 33. The summed E-state index contributed by atoms with van der Waals surface area (Å²) in [6.07, 6.45) is 50.1. The third-order valence-electron chi connectivity index (χ3n) is 7.68. The minimum absolute atomic E-state index is 0.0908. The van der Waals surface area contributed by atoms with Crippen LogP contribution >= 0.6 is 0 Å². The molecule has 0 aromatic carbocycles. The van der Waals surface area contributed by atoms with Gasteiger partial charge in [-0.15, -0.1) is 0 Å². The van der Waals surface area contributed by atoms with Gasteiger partial charge in [-0.1, -0.05) is 157 Å². The maximum Gasteiger partial charge on any atom is 0.310 e. The third kappa shape index (κ3) is 37.4. The smallest absolute Gasteiger partial charge is 0.310 e. The van der Waals surface area contributed by atoms with Crippen LogP contribution < -0.4 is 0 Å². The van der Waals surface area contributed by atoms with E-state index in [1.54, 1.807) is 6.08 Å². The molecule has 6 nitrogen and oxygen atoms in total. The molecule has 1 unspecified atom stereocenters. The maximum atomic E-state index is 12.5. The van der Waals surface area contributed by atoms with Gasteiger partial charge in [-0.25, -0.2) is 0 Å². The van der Waals surface area contributed by atoms with Gasteiger partial charge < -0.3 is 14.2 Å². The Morgan fingerprint density at radius 1 is 0.451 bits per heavy atom. The Labute approximate surface area is 311 Å². The Kier molecular flexibility index (Phi) is 36.3. The molecule has 286 valence electrons. The van der Waals surface area contributed by atoms with E-state index in [9.17, 15) is 14.4 Å². The molecule has 0 aliphatic heterocycles. The Bertz CT molecular complexity index is 1090. The second-order valence-corrected chi connectivity index (χ2v) is 12.5. The van der Waals surface area contributed by atoms with Crippen molar-refractivity contribution in [3.63, 3.8) is 0 Å². The number of hydrogen-bond donors (Lipinski definition) is 0. The van der Waals surface area contributed by atoms with E-state index >= 15 is 0 Å². The average Bonchev–Trinajstić information content (AvgIpc) is 3.12. The fraction of sp³-hybridized carbons (Fsp3) is 0.578. The Morgan fingerprint density at radius 2 is 0.941 bits per heavy atom. The number of unbranched alkanes of at least 4 members (excludes halogenated alkanes) is 10. The van der Waals surface area contributed by atoms with E-state index in [0.29, 0.717) is 12.8 Å². The normalized spacial score (nSPS) is 13.1. The number of hydrogen-bond acceptors (Lipinski definition) is 6. The zero-order valence-electron chi connectivity index (χ0n) is 32.3. The van der Waals surface area contributed by atoms with Crippen molar-refractivity contribution < 1.29 is 28.6 Å². The van der Waals surface area contributed by atoms with Crippen molar-refractivity contribution in [2.24, 2.45) is 0 Å². The van der Waals surface area contributed by atoms with Gasteiger partial charge in [0.05, 0.1) is 6.42 Å². The van der Waals surface area contributed by atoms with E-state index < -0.39 is 12.1 Å². The van der Waals surface area contributed by atoms with Gasteiger partial charge >= 0.3 is 17.9 Å². The van der Waals surface area contributed by atoms with Gasteiger partial charge in [-0.3, -0.25) is 14.4 Å². The summed E-state index contributed by atoms with van der Waals surface area (Å²) in [5.41, 5.74) is 0. The zero-order valence-corrected chi connectivity index (χ0v) is 32.3. The first-order chi connectivity index (χ1) is 25.0. The molecule has 0 saturated heterocycles. The summed E-state index contributed by atoms with van der Waals surface area (Å²) in [5, 5.41) is 0. The van der Waals surface area contributed by atoms with Gasteiger partial charge in [0, 0.05) is 12.8 Å². The van der Waals surface area contributed by atoms with Gasteiger partial charge in [0.15, 0.2) is 6.10 Å². The number of esters is 3. The molecular weight excluding hydrogens is 636 g/mol. The highest BCUT2D eigenvalue weighted by Gasteiger charge is 2.19. The molecule has 0 spiro atoms. The van der Waals surface area contributed by atoms with Gasteiger partial charge in [0.25, 0.3) is 0 Å². The highest BCUT2D eigenvalue weighted by atomic mass is 16.6. The van der Waals surface area contributed by atoms with Crippen LogP contribution in [0.1, 0.15) is 149 Å². The Morgan fingerprint density at radius 3 is 1.59 bits per heavy atom. The Hall–Kier alpha value is -3.67. The zero-order chi connectivity index (χ0) is 37.3. The summed E-state index contributed by atoms with van der Waals surface area (Å²) in [7, 11) is 0. The molecule has 0 aromatic rings. The Balaban J connectivity index is 4.52. The molecule has 0 heterocycles. The molecule has 1 atom stereocenters. The van der Waals surface area contributed by atoms with Crippen LogP contribution in [0.5, 0.6) is 0 Å². The van der Waals surface area contributed by atoms with E-state index in [1.807, 2.05) is 30.4 Å². The van der Waals surface area contributed by atoms with Gasteiger partial charge in [-0.2, -0.15) is 0 Å². The second kappa shape index (κ2) is 39.1. The molecule has 0 aromatic heterocycles. The van der Waals surface area contributed by atoms with E-state index in [1.165, 1.54) is 25.7 Å². The molecule has 0 aliphatic rings. The lowest BCUT2D eigenvalue weighted by atomic mass is 10.1. The molecule has 0 bridgehead atoms. The molecule has 0 saturated carbocycles. The molecule has 6 heteroatoms. The van der Waals surface area contributed by atoms with E-state index in [0.717, 1.165) is 77.0 Å². The summed E-state index contributed by atoms with van der Waals surface area (Å²) in [6.45, 7) is 6.15. The van der Waals surface area contributed by atoms with Crippen LogP contribution in [-0.2, 0) is 28.6 Å². The van der Waals surface area contributed by atoms with Crippen molar-refractivity contribution in [3.8, 4) is 0 Å². The summed E-state index contributed by atoms with van der Waals surface area (Å²) < 4.78 is 16.4. The first-order valence-corrected chi connectivity index (χ1v) is 19.8. The largest absolute Gasteiger partial charge is 0.462 e. The first-order valence-electron chi connectivity index (χ1n) is 19.8. The fourth-order valence-electron chi connectivity index (χ4n) is 4.75. The molecule has 0 fully saturated rings. The summed E-state index contributed by atoms with van der Waals surface area (Å²) in [6, 6.07) is 0. The van der Waals surface area contributed by atoms with E-state index in [2.05, 4.69) is 81.5 Å². The lowest BCUT2D eigenvalue weighted by molar-refractivity contribution is -0.166. The van der Waals surface area contributed by atoms with Crippen molar-refractivity contribution in [2.75, 3.05) is 13.2 Å². The predicted octanol–water partition coefficient (Wildman–Crippen LogP) is 12.3. The van der Waals surface area contributed by atoms with Crippen molar-refractivity contribution in [2.45, 2.75) is 155 Å². The van der Waals surface area contributed by atoms with E-state index in [4.69, 9.17) is 14.2 Å². The van der Waals surface area contributed by atoms with Crippen LogP contribution in [0.25, 0.3) is 0 Å². The monoisotopic (exact) mass is 707 g/mol. The first kappa shape index (κ1) is 47.3. The fourth-order valence-corrected chi connectivity index (χ4v) is 4.75. The minimum atomic E-state index is -0.844. The van der Waals surface area contributed by atoms with Crippen molar-refractivity contribution in [3.05, 3.63) is 97.2 Å². The van der Waals surface area contributed by atoms with Crippen LogP contribution in [0.15, 0.2) is 97.2 Å². The third-order valence-corrected chi connectivity index (χ3v) is 7.68. The molecule has 0 radical (unpaired) electrons. The summed E-state index contributed by atoms with van der Waals surface area (Å²) in [4.78, 5) is 37.3. The van der Waals surface area contributed by atoms with Crippen LogP contribution in [-0.4, -0.2) is 37.2 Å². The number of ether oxygens (including phenoxy) is 3. The standard InChI is InChI=1S/C45H70O6/c1-4-7-10-13-16-19-20-21-22-23-24-27-29-32-35-38-44(47)50-41-42(51-45(48)39-36-33-30-26-18-15-12-9-6-3)40-49-43(46)37-34-31-28-25-17-14-11-8-5-2/h7,9-10,12-13,16,18-22,25-26,28,33,36,42H,4-6,8,11,14-15,17,23-24,27,29-32,34-35,37-41H2,1-3H3/b10-7-,12-9-,16-13-,20-19-,22-21-,26-18-,28-25-,36-33-. The molecule has 0 rings (SSSR count). The number of carbonyl (C=O) groups excluding carboxylic acids is 3. The summed E-state index contributed by atoms with van der Waals surface area (Å²) >= 11 is 0. The van der Waals surface area contributed by atoms with Crippen molar-refractivity contribution in [1.29, 1.82) is 0 Å². The number of allylic oxidation sites excluding steroid dienone is 15. The number of carbonyl (C=O) groups is 3. The van der Waals surface area contributed by atoms with Crippen LogP contribution in [0, 0.1) is 0 Å². The molecule has 0 aliphatic carbocycles. The van der Waals surface area contributed by atoms with Crippen LogP contribution in [0.2, 0.25) is 0 Å².